The average molecular weight is 340 g/mol. The van der Waals surface area contributed by atoms with E-state index in [1.807, 2.05) is 0 Å². The molecule has 1 fully saturated rings. The highest BCUT2D eigenvalue weighted by Crippen LogP contribution is 2.43. The summed E-state index contributed by atoms with van der Waals surface area (Å²) in [4.78, 5) is 17.7. The Kier molecular flexibility index (Phi) is 3.60. The number of H-pyrrole nitrogens is 1. The second kappa shape index (κ2) is 5.27. The molecule has 0 bridgehead atoms. The SMILES string of the molecule is C#C[C@@]1(F)C(O)[C@@H]([C@H](C)O)O[C@H]1n1cc(F)c2c(=O)[nH]c(N)nc21. The number of alkyl halides is 1. The molecule has 0 spiro atoms. The number of aliphatic hydroxyl groups excluding tert-OH is 2. The van der Waals surface area contributed by atoms with Crippen LogP contribution in [0.3, 0.4) is 0 Å². The molecule has 5 N–H and O–H groups in total. The third-order valence-electron chi connectivity index (χ3n) is 3.99. The molecule has 0 radical (unpaired) electrons. The van der Waals surface area contributed by atoms with E-state index >= 15 is 4.39 Å². The summed E-state index contributed by atoms with van der Waals surface area (Å²) >= 11 is 0. The van der Waals surface area contributed by atoms with E-state index in [0.29, 0.717) is 0 Å². The summed E-state index contributed by atoms with van der Waals surface area (Å²) in [6.07, 6.45) is -0.208. The fraction of sp³-hybridized carbons (Fsp3) is 0.429. The summed E-state index contributed by atoms with van der Waals surface area (Å²) in [5.41, 5.74) is 1.51. The fourth-order valence-electron chi connectivity index (χ4n) is 2.82. The van der Waals surface area contributed by atoms with Gasteiger partial charge in [0.2, 0.25) is 11.6 Å². The molecular weight excluding hydrogens is 326 g/mol. The number of fused-ring (bicyclic) bond motifs is 1. The van der Waals surface area contributed by atoms with Crippen molar-refractivity contribution in [1.82, 2.24) is 14.5 Å². The molecule has 1 aliphatic rings. The van der Waals surface area contributed by atoms with Crippen LogP contribution in [0.5, 0.6) is 0 Å². The summed E-state index contributed by atoms with van der Waals surface area (Å²) in [5, 5.41) is 19.2. The maximum absolute atomic E-state index is 15.1. The van der Waals surface area contributed by atoms with Gasteiger partial charge in [0, 0.05) is 6.20 Å². The number of halogens is 2. The van der Waals surface area contributed by atoms with Crippen molar-refractivity contribution in [3.63, 3.8) is 0 Å². The Morgan fingerprint density at radius 2 is 2.33 bits per heavy atom. The van der Waals surface area contributed by atoms with Crippen LogP contribution in [0.15, 0.2) is 11.0 Å². The van der Waals surface area contributed by atoms with Gasteiger partial charge in [0.05, 0.1) is 6.10 Å². The predicted octanol–water partition coefficient (Wildman–Crippen LogP) is -0.574. The number of nitrogens with one attached hydrogen (secondary N) is 1. The molecule has 0 amide bonds. The molecule has 8 nitrogen and oxygen atoms in total. The van der Waals surface area contributed by atoms with Crippen molar-refractivity contribution in [2.75, 3.05) is 5.73 Å². The van der Waals surface area contributed by atoms with Gasteiger partial charge in [0.1, 0.15) is 17.6 Å². The van der Waals surface area contributed by atoms with E-state index in [9.17, 15) is 19.4 Å². The topological polar surface area (TPSA) is 126 Å². The highest BCUT2D eigenvalue weighted by molar-refractivity contribution is 5.77. The number of hydrogen-bond acceptors (Lipinski definition) is 6. The minimum atomic E-state index is -2.78. The molecule has 1 saturated heterocycles. The normalized spacial score (nSPS) is 31.2. The van der Waals surface area contributed by atoms with E-state index in [2.05, 4.69) is 9.97 Å². The van der Waals surface area contributed by atoms with Gasteiger partial charge in [-0.15, -0.1) is 6.42 Å². The Balaban J connectivity index is 2.24. The zero-order valence-corrected chi connectivity index (χ0v) is 12.4. The summed E-state index contributed by atoms with van der Waals surface area (Å²) in [7, 11) is 0. The first-order valence-electron chi connectivity index (χ1n) is 6.94. The van der Waals surface area contributed by atoms with Crippen LogP contribution < -0.4 is 11.3 Å². The molecule has 128 valence electrons. The van der Waals surface area contributed by atoms with Crippen molar-refractivity contribution < 1.29 is 23.7 Å². The molecule has 1 unspecified atom stereocenters. The first kappa shape index (κ1) is 16.4. The van der Waals surface area contributed by atoms with Crippen molar-refractivity contribution in [2.24, 2.45) is 0 Å². The smallest absolute Gasteiger partial charge is 0.264 e. The Morgan fingerprint density at radius 3 is 2.92 bits per heavy atom. The highest BCUT2D eigenvalue weighted by atomic mass is 19.1. The van der Waals surface area contributed by atoms with Gasteiger partial charge in [-0.3, -0.25) is 14.3 Å². The third-order valence-corrected chi connectivity index (χ3v) is 3.99. The Morgan fingerprint density at radius 1 is 1.67 bits per heavy atom. The lowest BCUT2D eigenvalue weighted by Gasteiger charge is -2.24. The number of nitrogen functional groups attached to an aromatic ring is 1. The highest BCUT2D eigenvalue weighted by Gasteiger charge is 2.59. The number of hydrogen-bond donors (Lipinski definition) is 4. The molecule has 5 atom stereocenters. The first-order chi connectivity index (χ1) is 11.2. The summed E-state index contributed by atoms with van der Waals surface area (Å²) in [5.74, 6) is 0.479. The number of terminal acetylenes is 1. The van der Waals surface area contributed by atoms with Gasteiger partial charge in [-0.1, -0.05) is 5.92 Å². The van der Waals surface area contributed by atoms with Gasteiger partial charge < -0.3 is 20.7 Å². The molecule has 1 aliphatic heterocycles. The molecule has 0 aliphatic carbocycles. The van der Waals surface area contributed by atoms with E-state index in [1.54, 1.807) is 5.92 Å². The number of rotatable bonds is 2. The molecule has 0 saturated carbocycles. The lowest BCUT2D eigenvalue weighted by molar-refractivity contribution is -0.0776. The van der Waals surface area contributed by atoms with E-state index in [0.717, 1.165) is 10.8 Å². The zero-order chi connectivity index (χ0) is 17.8. The Bertz CT molecular complexity index is 903. The maximum atomic E-state index is 15.1. The summed E-state index contributed by atoms with van der Waals surface area (Å²) in [6, 6.07) is 0. The van der Waals surface area contributed by atoms with E-state index in [-0.39, 0.29) is 11.6 Å². The van der Waals surface area contributed by atoms with Crippen LogP contribution in [0.4, 0.5) is 14.7 Å². The van der Waals surface area contributed by atoms with Crippen molar-refractivity contribution in [3.8, 4) is 12.3 Å². The van der Waals surface area contributed by atoms with E-state index in [1.165, 1.54) is 6.92 Å². The van der Waals surface area contributed by atoms with Crippen molar-refractivity contribution in [2.45, 2.75) is 37.1 Å². The minimum Gasteiger partial charge on any atom is -0.391 e. The van der Waals surface area contributed by atoms with Crippen LogP contribution in [0.25, 0.3) is 11.0 Å². The monoisotopic (exact) mass is 340 g/mol. The van der Waals surface area contributed by atoms with Crippen molar-refractivity contribution in [3.05, 3.63) is 22.4 Å². The lowest BCUT2D eigenvalue weighted by Crippen LogP contribution is -2.43. The van der Waals surface area contributed by atoms with Crippen LogP contribution in [-0.4, -0.2) is 48.7 Å². The number of aromatic nitrogens is 3. The largest absolute Gasteiger partial charge is 0.391 e. The van der Waals surface area contributed by atoms with Crippen LogP contribution in [-0.2, 0) is 4.74 Å². The maximum Gasteiger partial charge on any atom is 0.264 e. The summed E-state index contributed by atoms with van der Waals surface area (Å²) in [6.45, 7) is 1.28. The number of ether oxygens (including phenoxy) is 1. The molecule has 24 heavy (non-hydrogen) atoms. The van der Waals surface area contributed by atoms with Gasteiger partial charge >= 0.3 is 0 Å². The van der Waals surface area contributed by atoms with Gasteiger partial charge in [0.15, 0.2) is 17.7 Å². The predicted molar refractivity (Wildman–Crippen MR) is 79.0 cm³/mol. The van der Waals surface area contributed by atoms with Crippen LogP contribution >= 0.6 is 0 Å². The zero-order valence-electron chi connectivity index (χ0n) is 12.4. The number of aliphatic hydroxyl groups is 2. The molecule has 3 heterocycles. The number of nitrogens with zero attached hydrogens (tertiary/aromatic N) is 2. The third kappa shape index (κ3) is 2.10. The second-order valence-electron chi connectivity index (χ2n) is 5.58. The molecule has 2 aromatic heterocycles. The van der Waals surface area contributed by atoms with Crippen LogP contribution in [0.1, 0.15) is 13.2 Å². The first-order valence-corrected chi connectivity index (χ1v) is 6.94. The second-order valence-corrected chi connectivity index (χ2v) is 5.58. The minimum absolute atomic E-state index is 0.297. The van der Waals surface area contributed by atoms with Gasteiger partial charge in [-0.05, 0) is 6.92 Å². The number of nitrogens with two attached hydrogens (primary N) is 1. The van der Waals surface area contributed by atoms with Crippen LogP contribution in [0, 0.1) is 18.2 Å². The van der Waals surface area contributed by atoms with Gasteiger partial charge in [-0.25, -0.2) is 8.78 Å². The molecular formula is C14H14F2N4O4. The average Bonchev–Trinajstić information content (AvgIpc) is 2.95. The number of anilines is 1. The molecule has 3 rings (SSSR count). The summed E-state index contributed by atoms with van der Waals surface area (Å²) < 4.78 is 35.4. The van der Waals surface area contributed by atoms with Crippen molar-refractivity contribution >= 4 is 17.0 Å². The van der Waals surface area contributed by atoms with Gasteiger partial charge in [0.25, 0.3) is 5.56 Å². The van der Waals surface area contributed by atoms with E-state index in [4.69, 9.17) is 16.9 Å². The Hall–Kier alpha value is -2.48. The molecule has 2 aromatic rings. The lowest BCUT2D eigenvalue weighted by atomic mass is 9.95. The van der Waals surface area contributed by atoms with E-state index < -0.39 is 47.0 Å². The number of aromatic amines is 1. The van der Waals surface area contributed by atoms with Crippen LogP contribution in [0.2, 0.25) is 0 Å². The van der Waals surface area contributed by atoms with Crippen molar-refractivity contribution in [1.29, 1.82) is 0 Å². The Labute approximate surface area is 133 Å². The fourth-order valence-corrected chi connectivity index (χ4v) is 2.82. The standard InChI is InChI=1S/C14H14F2N4O4/c1-3-14(16)9(22)8(5(2)21)24-12(14)20-4-6(15)7-10(20)18-13(17)19-11(7)23/h1,4-5,8-9,12,21-22H,2H3,(H3,17,18,19,23)/t5-,8+,9?,12+,14+/m0/s1. The molecule has 10 heteroatoms. The van der Waals surface area contributed by atoms with Gasteiger partial charge in [-0.2, -0.15) is 4.98 Å². The quantitative estimate of drug-likeness (QED) is 0.542. The molecule has 0 aromatic carbocycles.